The first-order valence-corrected chi connectivity index (χ1v) is 4.80. The summed E-state index contributed by atoms with van der Waals surface area (Å²) in [5.41, 5.74) is 2.07. The van der Waals surface area contributed by atoms with Crippen LogP contribution in [0.3, 0.4) is 0 Å². The normalized spacial score (nSPS) is 12.9. The Hall–Kier alpha value is -0.560. The van der Waals surface area contributed by atoms with Gasteiger partial charge in [-0.15, -0.1) is 0 Å². The van der Waals surface area contributed by atoms with Gasteiger partial charge < -0.3 is 0 Å². The van der Waals surface area contributed by atoms with Gasteiger partial charge in [0.15, 0.2) is 0 Å². The fourth-order valence-electron chi connectivity index (χ4n) is 0.876. The molecule has 0 amide bonds. The summed E-state index contributed by atoms with van der Waals surface area (Å²) in [4.78, 5) is 0. The quantitative estimate of drug-likeness (QED) is 0.626. The lowest BCUT2D eigenvalue weighted by molar-refractivity contribution is 1.21. The van der Waals surface area contributed by atoms with Crippen LogP contribution in [0, 0.1) is 0 Å². The van der Waals surface area contributed by atoms with Crippen molar-refractivity contribution < 1.29 is 0 Å². The number of allylic oxidation sites excluding steroid dienone is 6. The van der Waals surface area contributed by atoms with E-state index < -0.39 is 0 Å². The van der Waals surface area contributed by atoms with Gasteiger partial charge in [0.1, 0.15) is 0 Å². The Kier molecular flexibility index (Phi) is 5.73. The largest absolute Gasteiger partial charge is 0.0985 e. The number of rotatable bonds is 4. The fourth-order valence-corrected chi connectivity index (χ4v) is 1.68. The molecule has 0 saturated heterocycles. The minimum atomic E-state index is 0.953. The molecule has 1 heteroatoms. The highest BCUT2D eigenvalue weighted by molar-refractivity contribution is 9.12. The zero-order chi connectivity index (χ0) is 9.56. The predicted octanol–water partition coefficient (Wildman–Crippen LogP) is 4.36. The van der Waals surface area contributed by atoms with Gasteiger partial charge in [0.2, 0.25) is 0 Å². The molecule has 66 valence electrons. The predicted molar refractivity (Wildman–Crippen MR) is 60.4 cm³/mol. The molecule has 0 radical (unpaired) electrons. The molecule has 0 bridgehead atoms. The number of hydrogen-bond donors (Lipinski definition) is 0. The van der Waals surface area contributed by atoms with Crippen LogP contribution < -0.4 is 0 Å². The van der Waals surface area contributed by atoms with Crippen LogP contribution in [-0.4, -0.2) is 0 Å². The molecule has 0 unspecified atom stereocenters. The molecule has 0 N–H and O–H groups in total. The van der Waals surface area contributed by atoms with Gasteiger partial charge in [-0.1, -0.05) is 54.2 Å². The smallest absolute Gasteiger partial charge is 0.0210 e. The number of halogens is 1. The molecule has 0 aromatic carbocycles. The van der Waals surface area contributed by atoms with Crippen molar-refractivity contribution in [1.82, 2.24) is 0 Å². The lowest BCUT2D eigenvalue weighted by Gasteiger charge is -2.04. The highest BCUT2D eigenvalue weighted by Gasteiger charge is 2.00. The Morgan fingerprint density at radius 2 is 2.08 bits per heavy atom. The van der Waals surface area contributed by atoms with E-state index in [1.165, 1.54) is 0 Å². The third-order valence-electron chi connectivity index (χ3n) is 1.52. The summed E-state index contributed by atoms with van der Waals surface area (Å²) in [5.74, 6) is 0. The van der Waals surface area contributed by atoms with Gasteiger partial charge in [-0.2, -0.15) is 0 Å². The molecule has 0 rings (SSSR count). The molecule has 0 atom stereocenters. The zero-order valence-corrected chi connectivity index (χ0v) is 9.32. The second-order valence-corrected chi connectivity index (χ2v) is 3.25. The monoisotopic (exact) mass is 226 g/mol. The average molecular weight is 227 g/mol. The van der Waals surface area contributed by atoms with E-state index in [-0.39, 0.29) is 0 Å². The number of hydrogen-bond acceptors (Lipinski definition) is 0. The summed E-state index contributed by atoms with van der Waals surface area (Å²) in [7, 11) is 0. The second-order valence-electron chi connectivity index (χ2n) is 2.39. The molecule has 0 heterocycles. The first-order valence-electron chi connectivity index (χ1n) is 4.01. The van der Waals surface area contributed by atoms with Gasteiger partial charge in [-0.25, -0.2) is 0 Å². The van der Waals surface area contributed by atoms with Crippen LogP contribution in [0.15, 0.2) is 47.0 Å². The Labute approximate surface area is 83.5 Å². The van der Waals surface area contributed by atoms with E-state index in [1.54, 1.807) is 6.08 Å². The summed E-state index contributed by atoms with van der Waals surface area (Å²) in [6.07, 6.45) is 6.92. The Morgan fingerprint density at radius 3 is 2.42 bits per heavy atom. The maximum atomic E-state index is 3.89. The van der Waals surface area contributed by atoms with E-state index in [9.17, 15) is 0 Å². The van der Waals surface area contributed by atoms with Crippen LogP contribution in [0.5, 0.6) is 0 Å². The van der Waals surface area contributed by atoms with Crippen molar-refractivity contribution in [2.45, 2.75) is 20.3 Å². The second kappa shape index (κ2) is 6.01. The van der Waals surface area contributed by atoms with Crippen LogP contribution >= 0.6 is 15.9 Å². The van der Waals surface area contributed by atoms with Crippen molar-refractivity contribution in [3.63, 3.8) is 0 Å². The van der Waals surface area contributed by atoms with Crippen molar-refractivity contribution in [1.29, 1.82) is 0 Å². The van der Waals surface area contributed by atoms with Crippen LogP contribution in [-0.2, 0) is 0 Å². The van der Waals surface area contributed by atoms with E-state index in [1.807, 2.05) is 13.0 Å². The molecule has 0 aliphatic rings. The SMILES string of the molecule is C=CC(=C)C(=C\C)/C(Br)=C\CC. The molecule has 0 aliphatic heterocycles. The van der Waals surface area contributed by atoms with E-state index in [4.69, 9.17) is 0 Å². The maximum Gasteiger partial charge on any atom is 0.0210 e. The topological polar surface area (TPSA) is 0 Å². The van der Waals surface area contributed by atoms with Crippen molar-refractivity contribution in [2.75, 3.05) is 0 Å². The molecular weight excluding hydrogens is 212 g/mol. The van der Waals surface area contributed by atoms with E-state index in [0.29, 0.717) is 0 Å². The van der Waals surface area contributed by atoms with Gasteiger partial charge in [0.25, 0.3) is 0 Å². The van der Waals surface area contributed by atoms with E-state index in [0.717, 1.165) is 22.0 Å². The molecule has 12 heavy (non-hydrogen) atoms. The molecule has 0 saturated carbocycles. The van der Waals surface area contributed by atoms with E-state index >= 15 is 0 Å². The molecule has 0 nitrogen and oxygen atoms in total. The minimum Gasteiger partial charge on any atom is -0.0985 e. The third kappa shape index (κ3) is 3.22. The van der Waals surface area contributed by atoms with Crippen LogP contribution in [0.4, 0.5) is 0 Å². The van der Waals surface area contributed by atoms with Crippen LogP contribution in [0.1, 0.15) is 20.3 Å². The van der Waals surface area contributed by atoms with Crippen molar-refractivity contribution in [2.24, 2.45) is 0 Å². The standard InChI is InChI=1S/C11H15Br/c1-5-8-11(12)10(7-3)9(4)6-2/h6-8H,2,4-5H2,1,3H3/b10-7+,11-8+. The van der Waals surface area contributed by atoms with Crippen molar-refractivity contribution in [3.8, 4) is 0 Å². The van der Waals surface area contributed by atoms with Gasteiger partial charge in [0.05, 0.1) is 0 Å². The van der Waals surface area contributed by atoms with Crippen molar-refractivity contribution >= 4 is 15.9 Å². The van der Waals surface area contributed by atoms with Crippen LogP contribution in [0.2, 0.25) is 0 Å². The van der Waals surface area contributed by atoms with Gasteiger partial charge in [-0.3, -0.25) is 0 Å². The van der Waals surface area contributed by atoms with Gasteiger partial charge >= 0.3 is 0 Å². The first kappa shape index (κ1) is 11.4. The summed E-state index contributed by atoms with van der Waals surface area (Å²) >= 11 is 3.49. The minimum absolute atomic E-state index is 0.953. The molecule has 0 aromatic rings. The van der Waals surface area contributed by atoms with E-state index in [2.05, 4.69) is 42.1 Å². The zero-order valence-electron chi connectivity index (χ0n) is 7.73. The van der Waals surface area contributed by atoms with Crippen molar-refractivity contribution in [3.05, 3.63) is 47.0 Å². The summed E-state index contributed by atoms with van der Waals surface area (Å²) in [6.45, 7) is 11.7. The van der Waals surface area contributed by atoms with Gasteiger partial charge in [-0.05, 0) is 24.5 Å². The molecule has 0 spiro atoms. The van der Waals surface area contributed by atoms with Crippen LogP contribution in [0.25, 0.3) is 0 Å². The highest BCUT2D eigenvalue weighted by atomic mass is 79.9. The average Bonchev–Trinajstić information content (AvgIpc) is 2.06. The first-order chi connectivity index (χ1) is 5.67. The fraction of sp³-hybridized carbons (Fsp3) is 0.273. The Balaban J connectivity index is 4.70. The molecule has 0 fully saturated rings. The Morgan fingerprint density at radius 1 is 1.50 bits per heavy atom. The molecule has 0 aliphatic carbocycles. The summed E-state index contributed by atoms with van der Waals surface area (Å²) < 4.78 is 1.09. The maximum absolute atomic E-state index is 3.89. The summed E-state index contributed by atoms with van der Waals surface area (Å²) in [6, 6.07) is 0. The lowest BCUT2D eigenvalue weighted by Crippen LogP contribution is -1.84. The Bertz CT molecular complexity index is 231. The third-order valence-corrected chi connectivity index (χ3v) is 2.27. The highest BCUT2D eigenvalue weighted by Crippen LogP contribution is 2.24. The lowest BCUT2D eigenvalue weighted by atomic mass is 10.1. The van der Waals surface area contributed by atoms with Gasteiger partial charge in [0, 0.05) is 4.48 Å². The molecule has 0 aromatic heterocycles. The molecular formula is C11H15Br. The summed E-state index contributed by atoms with van der Waals surface area (Å²) in [5, 5.41) is 0.